The lowest BCUT2D eigenvalue weighted by Gasteiger charge is -2.22. The summed E-state index contributed by atoms with van der Waals surface area (Å²) in [5, 5.41) is 10.9. The molecule has 9 heteroatoms. The Morgan fingerprint density at radius 1 is 0.964 bits per heavy atom. The third kappa shape index (κ3) is 3.01. The number of hydrogen-bond acceptors (Lipinski definition) is 5. The minimum absolute atomic E-state index is 0.0852. The van der Waals surface area contributed by atoms with Crippen LogP contribution in [0.25, 0.3) is 0 Å². The standard InChI is InChI=1S/C19H19N3O5S/c1-2-13-3-5-14(6-4-13)20-17-11-28(26,27)12-18(17)21(19(20)23)15-7-9-16(10-8-15)22(24)25/h3-10,17-18H,2,11-12H2,1H3/t17-,18-/m1/s1. The Morgan fingerprint density at radius 3 is 1.86 bits per heavy atom. The monoisotopic (exact) mass is 401 g/mol. The van der Waals surface area contributed by atoms with Crippen LogP contribution < -0.4 is 9.80 Å². The van der Waals surface area contributed by atoms with Gasteiger partial charge in [-0.25, -0.2) is 13.2 Å². The highest BCUT2D eigenvalue weighted by molar-refractivity contribution is 7.91. The van der Waals surface area contributed by atoms with Crippen LogP contribution in [0.4, 0.5) is 21.9 Å². The van der Waals surface area contributed by atoms with Crippen molar-refractivity contribution >= 4 is 32.9 Å². The lowest BCUT2D eigenvalue weighted by atomic mass is 10.1. The molecule has 146 valence electrons. The van der Waals surface area contributed by atoms with Gasteiger partial charge in [-0.2, -0.15) is 0 Å². The van der Waals surface area contributed by atoms with E-state index in [0.717, 1.165) is 12.0 Å². The van der Waals surface area contributed by atoms with Gasteiger partial charge in [-0.15, -0.1) is 0 Å². The molecule has 2 aliphatic rings. The SMILES string of the molecule is CCc1ccc(N2C(=O)N(c3ccc([N+](=O)[O-])cc3)[C@@H]3CS(=O)(=O)C[C@H]32)cc1. The largest absolute Gasteiger partial charge is 0.329 e. The maximum Gasteiger partial charge on any atom is 0.329 e. The zero-order valence-corrected chi connectivity index (χ0v) is 16.0. The van der Waals surface area contributed by atoms with Gasteiger partial charge >= 0.3 is 6.03 Å². The number of benzene rings is 2. The Bertz CT molecular complexity index is 1030. The smallest absolute Gasteiger partial charge is 0.288 e. The number of nitro groups is 1. The van der Waals surface area contributed by atoms with Crippen molar-refractivity contribution in [3.8, 4) is 0 Å². The summed E-state index contributed by atoms with van der Waals surface area (Å²) in [4.78, 5) is 26.6. The lowest BCUT2D eigenvalue weighted by molar-refractivity contribution is -0.384. The van der Waals surface area contributed by atoms with Gasteiger partial charge < -0.3 is 0 Å². The second-order valence-electron chi connectivity index (χ2n) is 7.03. The first kappa shape index (κ1) is 18.4. The minimum atomic E-state index is -3.29. The van der Waals surface area contributed by atoms with Crippen molar-refractivity contribution in [1.29, 1.82) is 0 Å². The molecule has 2 saturated heterocycles. The summed E-state index contributed by atoms with van der Waals surface area (Å²) in [6, 6.07) is 11.8. The van der Waals surface area contributed by atoms with E-state index in [-0.39, 0.29) is 23.2 Å². The van der Waals surface area contributed by atoms with Crippen molar-refractivity contribution in [3.05, 3.63) is 64.2 Å². The number of carbonyl (C=O) groups is 1. The highest BCUT2D eigenvalue weighted by Gasteiger charge is 2.54. The van der Waals surface area contributed by atoms with Crippen LogP contribution in [0.3, 0.4) is 0 Å². The molecule has 0 N–H and O–H groups in total. The van der Waals surface area contributed by atoms with E-state index < -0.39 is 26.8 Å². The Morgan fingerprint density at radius 2 is 1.43 bits per heavy atom. The zero-order chi connectivity index (χ0) is 20.1. The first-order valence-corrected chi connectivity index (χ1v) is 10.8. The molecule has 2 atom stereocenters. The van der Waals surface area contributed by atoms with Crippen molar-refractivity contribution in [2.45, 2.75) is 25.4 Å². The third-order valence-electron chi connectivity index (χ3n) is 5.33. The van der Waals surface area contributed by atoms with Crippen LogP contribution in [-0.4, -0.2) is 43.0 Å². The number of aryl methyl sites for hydroxylation is 1. The van der Waals surface area contributed by atoms with Crippen molar-refractivity contribution < 1.29 is 18.1 Å². The quantitative estimate of drug-likeness (QED) is 0.445. The van der Waals surface area contributed by atoms with Crippen LogP contribution in [0, 0.1) is 10.1 Å². The van der Waals surface area contributed by atoms with Crippen molar-refractivity contribution in [3.63, 3.8) is 0 Å². The van der Waals surface area contributed by atoms with Gasteiger partial charge in [-0.3, -0.25) is 19.9 Å². The van der Waals surface area contributed by atoms with E-state index in [2.05, 4.69) is 0 Å². The molecule has 2 fully saturated rings. The Hall–Kier alpha value is -2.94. The van der Waals surface area contributed by atoms with Gasteiger partial charge in [-0.05, 0) is 36.2 Å². The average molecular weight is 401 g/mol. The fourth-order valence-corrected chi connectivity index (χ4v) is 5.85. The molecule has 2 amide bonds. The molecular weight excluding hydrogens is 382 g/mol. The number of fused-ring (bicyclic) bond motifs is 1. The molecule has 0 unspecified atom stereocenters. The highest BCUT2D eigenvalue weighted by Crippen LogP contribution is 2.38. The molecule has 2 aliphatic heterocycles. The molecule has 2 heterocycles. The van der Waals surface area contributed by atoms with E-state index in [1.165, 1.54) is 34.1 Å². The van der Waals surface area contributed by atoms with E-state index in [0.29, 0.717) is 11.4 Å². The normalized spacial score (nSPS) is 23.1. The number of hydrogen-bond donors (Lipinski definition) is 0. The highest BCUT2D eigenvalue weighted by atomic mass is 32.2. The molecule has 0 aromatic heterocycles. The van der Waals surface area contributed by atoms with Gasteiger partial charge in [0.1, 0.15) is 0 Å². The van der Waals surface area contributed by atoms with Gasteiger partial charge in [0.15, 0.2) is 9.84 Å². The molecule has 2 aromatic carbocycles. The second kappa shape index (κ2) is 6.59. The molecule has 8 nitrogen and oxygen atoms in total. The maximum atomic E-state index is 13.2. The first-order valence-electron chi connectivity index (χ1n) is 8.97. The maximum absolute atomic E-state index is 13.2. The van der Waals surface area contributed by atoms with Gasteiger partial charge in [0.2, 0.25) is 0 Å². The van der Waals surface area contributed by atoms with Gasteiger partial charge in [-0.1, -0.05) is 19.1 Å². The summed E-state index contributed by atoms with van der Waals surface area (Å²) >= 11 is 0. The summed E-state index contributed by atoms with van der Waals surface area (Å²) in [5.41, 5.74) is 2.14. The molecule has 4 rings (SSSR count). The number of non-ortho nitro benzene ring substituents is 1. The summed E-state index contributed by atoms with van der Waals surface area (Å²) in [7, 11) is -3.29. The van der Waals surface area contributed by atoms with E-state index >= 15 is 0 Å². The van der Waals surface area contributed by atoms with Crippen molar-refractivity contribution in [1.82, 2.24) is 0 Å². The third-order valence-corrected chi connectivity index (χ3v) is 7.03. The van der Waals surface area contributed by atoms with E-state index in [1.54, 1.807) is 0 Å². The molecule has 2 aromatic rings. The first-order chi connectivity index (χ1) is 13.3. The Balaban J connectivity index is 1.74. The van der Waals surface area contributed by atoms with Crippen molar-refractivity contribution in [2.24, 2.45) is 0 Å². The van der Waals surface area contributed by atoms with Crippen LogP contribution in [0.1, 0.15) is 12.5 Å². The zero-order valence-electron chi connectivity index (χ0n) is 15.2. The Kier molecular flexibility index (Phi) is 4.34. The number of amides is 2. The molecule has 0 radical (unpaired) electrons. The number of nitrogens with zero attached hydrogens (tertiary/aromatic N) is 3. The van der Waals surface area contributed by atoms with Gasteiger partial charge in [0, 0.05) is 23.5 Å². The van der Waals surface area contributed by atoms with Crippen LogP contribution in [0.2, 0.25) is 0 Å². The Labute approximate surface area is 162 Å². The predicted molar refractivity (Wildman–Crippen MR) is 106 cm³/mol. The van der Waals surface area contributed by atoms with Crippen LogP contribution in [0.5, 0.6) is 0 Å². The fourth-order valence-electron chi connectivity index (χ4n) is 3.93. The predicted octanol–water partition coefficient (Wildman–Crippen LogP) is 2.77. The summed E-state index contributed by atoms with van der Waals surface area (Å²) in [6.07, 6.45) is 0.865. The van der Waals surface area contributed by atoms with Gasteiger partial charge in [0.05, 0.1) is 28.5 Å². The summed E-state index contributed by atoms with van der Waals surface area (Å²) < 4.78 is 24.6. The number of urea groups is 1. The number of sulfone groups is 1. The molecule has 28 heavy (non-hydrogen) atoms. The van der Waals surface area contributed by atoms with Crippen LogP contribution in [0.15, 0.2) is 48.5 Å². The summed E-state index contributed by atoms with van der Waals surface area (Å²) in [5.74, 6) is -0.216. The molecule has 0 aliphatic carbocycles. The molecule has 0 spiro atoms. The number of anilines is 2. The van der Waals surface area contributed by atoms with Crippen molar-refractivity contribution in [2.75, 3.05) is 21.3 Å². The number of carbonyl (C=O) groups excluding carboxylic acids is 1. The number of nitro benzene ring substituents is 1. The number of rotatable bonds is 4. The lowest BCUT2D eigenvalue weighted by Crippen LogP contribution is -2.37. The fraction of sp³-hybridized carbons (Fsp3) is 0.316. The van der Waals surface area contributed by atoms with E-state index in [9.17, 15) is 23.3 Å². The van der Waals surface area contributed by atoms with Gasteiger partial charge in [0.25, 0.3) is 5.69 Å². The van der Waals surface area contributed by atoms with Crippen LogP contribution >= 0.6 is 0 Å². The molecule has 0 bridgehead atoms. The van der Waals surface area contributed by atoms with E-state index in [4.69, 9.17) is 0 Å². The van der Waals surface area contributed by atoms with E-state index in [1.807, 2.05) is 31.2 Å². The van der Waals surface area contributed by atoms with Crippen LogP contribution in [-0.2, 0) is 16.3 Å². The average Bonchev–Trinajstić information content (AvgIpc) is 3.10. The minimum Gasteiger partial charge on any atom is -0.288 e. The molecule has 0 saturated carbocycles. The topological polar surface area (TPSA) is 101 Å². The second-order valence-corrected chi connectivity index (χ2v) is 9.18. The molecular formula is C19H19N3O5S. The summed E-state index contributed by atoms with van der Waals surface area (Å²) in [6.45, 7) is 2.03.